The predicted molar refractivity (Wildman–Crippen MR) is 127 cm³/mol. The summed E-state index contributed by atoms with van der Waals surface area (Å²) in [5, 5.41) is 2.95. The average Bonchev–Trinajstić information content (AvgIpc) is 3.25. The Bertz CT molecular complexity index is 1070. The molecule has 0 unspecified atom stereocenters. The summed E-state index contributed by atoms with van der Waals surface area (Å²) in [6, 6.07) is 25.2. The molecule has 0 bridgehead atoms. The van der Waals surface area contributed by atoms with Gasteiger partial charge in [0.25, 0.3) is 5.91 Å². The number of nitrogens with one attached hydrogen (secondary N) is 1. The smallest absolute Gasteiger partial charge is 0.262 e. The lowest BCUT2D eigenvalue weighted by molar-refractivity contribution is -0.118. The van der Waals surface area contributed by atoms with Crippen molar-refractivity contribution < 1.29 is 14.3 Å². The van der Waals surface area contributed by atoms with E-state index < -0.39 is 0 Å². The number of nitrogens with zero attached hydrogens (tertiary/aromatic N) is 2. The Balaban J connectivity index is 1.34. The van der Waals surface area contributed by atoms with E-state index in [4.69, 9.17) is 4.74 Å². The minimum absolute atomic E-state index is 0.0985. The molecule has 6 nitrogen and oxygen atoms in total. The topological polar surface area (TPSA) is 61.9 Å². The second-order valence-corrected chi connectivity index (χ2v) is 7.84. The van der Waals surface area contributed by atoms with Crippen LogP contribution in [0.1, 0.15) is 18.4 Å². The van der Waals surface area contributed by atoms with Crippen LogP contribution >= 0.6 is 0 Å². The summed E-state index contributed by atoms with van der Waals surface area (Å²) in [6.45, 7) is 1.38. The van der Waals surface area contributed by atoms with Crippen molar-refractivity contribution in [3.8, 4) is 5.75 Å². The molecule has 3 aromatic rings. The van der Waals surface area contributed by atoms with Crippen LogP contribution in [0.5, 0.6) is 5.75 Å². The summed E-state index contributed by atoms with van der Waals surface area (Å²) in [5.41, 5.74) is 3.73. The molecule has 0 spiro atoms. The fourth-order valence-electron chi connectivity index (χ4n) is 3.83. The van der Waals surface area contributed by atoms with Gasteiger partial charge >= 0.3 is 0 Å². The molecule has 0 radical (unpaired) electrons. The van der Waals surface area contributed by atoms with Crippen LogP contribution in [-0.4, -0.2) is 32.0 Å². The monoisotopic (exact) mass is 429 g/mol. The van der Waals surface area contributed by atoms with Gasteiger partial charge in [0.2, 0.25) is 5.91 Å². The summed E-state index contributed by atoms with van der Waals surface area (Å²) in [4.78, 5) is 28.3. The zero-order valence-electron chi connectivity index (χ0n) is 18.2. The van der Waals surface area contributed by atoms with Crippen molar-refractivity contribution in [2.75, 3.05) is 35.3 Å². The maximum absolute atomic E-state index is 12.5. The number of amides is 2. The van der Waals surface area contributed by atoms with E-state index in [-0.39, 0.29) is 18.4 Å². The standard InChI is InChI=1S/C26H27N3O3/c1-28(18-20-8-3-2-4-9-20)24-11-6-5-10-23(24)27-25(30)19-32-22-15-13-21(14-16-22)29-17-7-12-26(29)31/h2-6,8-11,13-16H,7,12,17-19H2,1H3,(H,27,30). The van der Waals surface area contributed by atoms with E-state index >= 15 is 0 Å². The molecule has 1 N–H and O–H groups in total. The zero-order chi connectivity index (χ0) is 22.3. The molecule has 0 atom stereocenters. The molecule has 32 heavy (non-hydrogen) atoms. The van der Waals surface area contributed by atoms with Gasteiger partial charge in [0.15, 0.2) is 6.61 Å². The summed E-state index contributed by atoms with van der Waals surface area (Å²) < 4.78 is 5.65. The maximum Gasteiger partial charge on any atom is 0.262 e. The van der Waals surface area contributed by atoms with Crippen molar-refractivity contribution in [3.63, 3.8) is 0 Å². The van der Waals surface area contributed by atoms with E-state index in [1.807, 2.05) is 61.6 Å². The van der Waals surface area contributed by atoms with E-state index in [1.165, 1.54) is 5.56 Å². The molecule has 3 aromatic carbocycles. The molecule has 6 heteroatoms. The number of carbonyl (C=O) groups is 2. The first kappa shape index (κ1) is 21.4. The molecule has 164 valence electrons. The van der Waals surface area contributed by atoms with Gasteiger partial charge in [0.1, 0.15) is 5.75 Å². The van der Waals surface area contributed by atoms with Crippen LogP contribution < -0.4 is 19.9 Å². The van der Waals surface area contributed by atoms with Crippen LogP contribution in [0.3, 0.4) is 0 Å². The van der Waals surface area contributed by atoms with Gasteiger partial charge in [-0.3, -0.25) is 9.59 Å². The lowest BCUT2D eigenvalue weighted by Gasteiger charge is -2.23. The van der Waals surface area contributed by atoms with Crippen LogP contribution in [0.25, 0.3) is 0 Å². The van der Waals surface area contributed by atoms with E-state index in [9.17, 15) is 9.59 Å². The quantitative estimate of drug-likeness (QED) is 0.574. The predicted octanol–water partition coefficient (Wildman–Crippen LogP) is 4.47. The van der Waals surface area contributed by atoms with Gasteiger partial charge < -0.3 is 19.9 Å². The number of benzene rings is 3. The Morgan fingerprint density at radius 3 is 2.44 bits per heavy atom. The Kier molecular flexibility index (Phi) is 6.70. The van der Waals surface area contributed by atoms with Crippen LogP contribution in [0.4, 0.5) is 17.1 Å². The summed E-state index contributed by atoms with van der Waals surface area (Å²) in [6.07, 6.45) is 1.49. The fourth-order valence-corrected chi connectivity index (χ4v) is 3.83. The number of hydrogen-bond acceptors (Lipinski definition) is 4. The SMILES string of the molecule is CN(Cc1ccccc1)c1ccccc1NC(=O)COc1ccc(N2CCCC2=O)cc1. The summed E-state index contributed by atoms with van der Waals surface area (Å²) >= 11 is 0. The van der Waals surface area contributed by atoms with E-state index in [0.29, 0.717) is 12.2 Å². The summed E-state index contributed by atoms with van der Waals surface area (Å²) in [7, 11) is 2.00. The van der Waals surface area contributed by atoms with E-state index in [0.717, 1.165) is 36.6 Å². The molecule has 1 heterocycles. The van der Waals surface area contributed by atoms with Crippen molar-refractivity contribution >= 4 is 28.9 Å². The van der Waals surface area contributed by atoms with Gasteiger partial charge in [0.05, 0.1) is 11.4 Å². The van der Waals surface area contributed by atoms with Gasteiger partial charge in [-0.25, -0.2) is 0 Å². The van der Waals surface area contributed by atoms with E-state index in [2.05, 4.69) is 22.3 Å². The third-order valence-electron chi connectivity index (χ3n) is 5.44. The first-order chi connectivity index (χ1) is 15.6. The van der Waals surface area contributed by atoms with Crippen LogP contribution in [-0.2, 0) is 16.1 Å². The van der Waals surface area contributed by atoms with Crippen molar-refractivity contribution in [2.45, 2.75) is 19.4 Å². The Hall–Kier alpha value is -3.80. The first-order valence-corrected chi connectivity index (χ1v) is 10.8. The van der Waals surface area contributed by atoms with Crippen molar-refractivity contribution in [1.82, 2.24) is 0 Å². The van der Waals surface area contributed by atoms with Crippen molar-refractivity contribution in [3.05, 3.63) is 84.4 Å². The van der Waals surface area contributed by atoms with Gasteiger partial charge in [0, 0.05) is 32.2 Å². The van der Waals surface area contributed by atoms with Crippen LogP contribution in [0.2, 0.25) is 0 Å². The lowest BCUT2D eigenvalue weighted by Crippen LogP contribution is -2.24. The number of anilines is 3. The highest BCUT2D eigenvalue weighted by Crippen LogP contribution is 2.26. The molecule has 2 amide bonds. The third-order valence-corrected chi connectivity index (χ3v) is 5.44. The van der Waals surface area contributed by atoms with Gasteiger partial charge in [-0.15, -0.1) is 0 Å². The molecular weight excluding hydrogens is 402 g/mol. The zero-order valence-corrected chi connectivity index (χ0v) is 18.2. The van der Waals surface area contributed by atoms with Gasteiger partial charge in [-0.05, 0) is 48.4 Å². The molecule has 4 rings (SSSR count). The minimum Gasteiger partial charge on any atom is -0.484 e. The second-order valence-electron chi connectivity index (χ2n) is 7.84. The van der Waals surface area contributed by atoms with Crippen LogP contribution in [0.15, 0.2) is 78.9 Å². The molecule has 0 aliphatic carbocycles. The van der Waals surface area contributed by atoms with Gasteiger partial charge in [-0.2, -0.15) is 0 Å². The first-order valence-electron chi connectivity index (χ1n) is 10.8. The summed E-state index contributed by atoms with van der Waals surface area (Å²) in [5.74, 6) is 0.503. The highest BCUT2D eigenvalue weighted by molar-refractivity contribution is 5.96. The van der Waals surface area contributed by atoms with E-state index in [1.54, 1.807) is 17.0 Å². The molecule has 1 fully saturated rings. The highest BCUT2D eigenvalue weighted by atomic mass is 16.5. The highest BCUT2D eigenvalue weighted by Gasteiger charge is 2.21. The minimum atomic E-state index is -0.232. The number of para-hydroxylation sites is 2. The lowest BCUT2D eigenvalue weighted by atomic mass is 10.2. The third kappa shape index (κ3) is 5.27. The van der Waals surface area contributed by atoms with Gasteiger partial charge in [-0.1, -0.05) is 42.5 Å². The Labute approximate surface area is 188 Å². The van der Waals surface area contributed by atoms with Crippen molar-refractivity contribution in [1.29, 1.82) is 0 Å². The maximum atomic E-state index is 12.5. The molecular formula is C26H27N3O3. The molecule has 1 aliphatic rings. The number of hydrogen-bond donors (Lipinski definition) is 1. The Morgan fingerprint density at radius 2 is 1.72 bits per heavy atom. The normalized spacial score (nSPS) is 13.2. The number of ether oxygens (including phenoxy) is 1. The largest absolute Gasteiger partial charge is 0.484 e. The molecule has 0 saturated carbocycles. The van der Waals surface area contributed by atoms with Crippen LogP contribution in [0, 0.1) is 0 Å². The molecule has 1 aliphatic heterocycles. The average molecular weight is 430 g/mol. The number of carbonyl (C=O) groups excluding carboxylic acids is 2. The molecule has 0 aromatic heterocycles. The molecule has 1 saturated heterocycles. The number of rotatable bonds is 8. The fraction of sp³-hybridized carbons (Fsp3) is 0.231. The Morgan fingerprint density at radius 1 is 1.00 bits per heavy atom. The second kappa shape index (κ2) is 10.0. The van der Waals surface area contributed by atoms with Crippen molar-refractivity contribution in [2.24, 2.45) is 0 Å².